The molecule has 0 saturated heterocycles. The van der Waals surface area contributed by atoms with Crippen LogP contribution in [0.15, 0.2) is 29.4 Å². The van der Waals surface area contributed by atoms with Gasteiger partial charge in [-0.2, -0.15) is 0 Å². The van der Waals surface area contributed by atoms with Gasteiger partial charge in [0.05, 0.1) is 10.9 Å². The van der Waals surface area contributed by atoms with Gasteiger partial charge in [-0.3, -0.25) is 9.59 Å². The third kappa shape index (κ3) is 5.85. The number of hydrogen-bond acceptors (Lipinski definition) is 4. The molecule has 0 radical (unpaired) electrons. The van der Waals surface area contributed by atoms with Crippen LogP contribution in [0, 0.1) is 19.8 Å². The molecule has 0 aliphatic heterocycles. The molecule has 1 unspecified atom stereocenters. The number of aryl methyl sites for hydroxylation is 1. The molecule has 1 atom stereocenters. The summed E-state index contributed by atoms with van der Waals surface area (Å²) in [4.78, 5) is 28.3. The summed E-state index contributed by atoms with van der Waals surface area (Å²) in [6.07, 6.45) is 0. The van der Waals surface area contributed by atoms with Gasteiger partial charge in [0.15, 0.2) is 5.16 Å². The van der Waals surface area contributed by atoms with Gasteiger partial charge in [0.25, 0.3) is 0 Å². The minimum atomic E-state index is -0.285. The predicted octanol–water partition coefficient (Wildman–Crippen LogP) is 4.23. The zero-order valence-corrected chi connectivity index (χ0v) is 17.6. The quantitative estimate of drug-likeness (QED) is 0.696. The minimum Gasteiger partial charge on any atom is -0.326 e. The first-order valence-electron chi connectivity index (χ1n) is 9.06. The van der Waals surface area contributed by atoms with Crippen LogP contribution in [-0.4, -0.2) is 26.6 Å². The van der Waals surface area contributed by atoms with Gasteiger partial charge in [0, 0.05) is 30.5 Å². The number of anilines is 2. The summed E-state index contributed by atoms with van der Waals surface area (Å²) in [6, 6.07) is 7.07. The smallest absolute Gasteiger partial charge is 0.237 e. The van der Waals surface area contributed by atoms with Gasteiger partial charge in [-0.1, -0.05) is 25.6 Å². The van der Waals surface area contributed by atoms with Crippen molar-refractivity contribution in [2.45, 2.75) is 58.5 Å². The van der Waals surface area contributed by atoms with Gasteiger partial charge in [-0.15, -0.1) is 0 Å². The van der Waals surface area contributed by atoms with Crippen molar-refractivity contribution in [3.63, 3.8) is 0 Å². The van der Waals surface area contributed by atoms with Crippen molar-refractivity contribution in [1.82, 2.24) is 9.55 Å². The summed E-state index contributed by atoms with van der Waals surface area (Å²) in [5, 5.41) is 6.21. The highest BCUT2D eigenvalue weighted by atomic mass is 32.2. The molecule has 2 rings (SSSR count). The number of nitrogens with one attached hydrogen (secondary N) is 2. The lowest BCUT2D eigenvalue weighted by molar-refractivity contribution is -0.115. The Morgan fingerprint density at radius 1 is 1.07 bits per heavy atom. The highest BCUT2D eigenvalue weighted by molar-refractivity contribution is 8.00. The summed E-state index contributed by atoms with van der Waals surface area (Å²) in [6.45, 7) is 12.6. The third-order valence-electron chi connectivity index (χ3n) is 4.09. The molecule has 6 nitrogen and oxygen atoms in total. The Kier molecular flexibility index (Phi) is 7.07. The predicted molar refractivity (Wildman–Crippen MR) is 111 cm³/mol. The molecule has 1 heterocycles. The average molecular weight is 389 g/mol. The van der Waals surface area contributed by atoms with Crippen molar-refractivity contribution in [3.05, 3.63) is 35.7 Å². The third-order valence-corrected chi connectivity index (χ3v) is 5.18. The van der Waals surface area contributed by atoms with Gasteiger partial charge in [-0.25, -0.2) is 4.98 Å². The van der Waals surface area contributed by atoms with Crippen molar-refractivity contribution in [1.29, 1.82) is 0 Å². The van der Waals surface area contributed by atoms with Crippen LogP contribution in [0.5, 0.6) is 0 Å². The second-order valence-electron chi connectivity index (χ2n) is 7.08. The van der Waals surface area contributed by atoms with Crippen LogP contribution < -0.4 is 10.6 Å². The SMILES string of the molecule is CC(=O)Nc1ccc(NC(=O)C(C)Sc2nc(C)c(C)n2CC(C)C)cc1. The number of imidazole rings is 1. The number of benzene rings is 1. The molecule has 0 fully saturated rings. The number of nitrogens with zero attached hydrogens (tertiary/aromatic N) is 2. The lowest BCUT2D eigenvalue weighted by Gasteiger charge is -2.15. The van der Waals surface area contributed by atoms with E-state index in [9.17, 15) is 9.59 Å². The van der Waals surface area contributed by atoms with E-state index in [2.05, 4.69) is 41.0 Å². The lowest BCUT2D eigenvalue weighted by Crippen LogP contribution is -2.23. The summed E-state index contributed by atoms with van der Waals surface area (Å²) in [5.41, 5.74) is 3.54. The van der Waals surface area contributed by atoms with Crippen LogP contribution >= 0.6 is 11.8 Å². The van der Waals surface area contributed by atoms with Crippen molar-refractivity contribution in [2.24, 2.45) is 5.92 Å². The Balaban J connectivity index is 2.03. The largest absolute Gasteiger partial charge is 0.326 e. The van der Waals surface area contributed by atoms with Crippen LogP contribution in [0.2, 0.25) is 0 Å². The van der Waals surface area contributed by atoms with Crippen molar-refractivity contribution >= 4 is 35.0 Å². The Labute approximate surface area is 165 Å². The van der Waals surface area contributed by atoms with Gasteiger partial charge < -0.3 is 15.2 Å². The zero-order valence-electron chi connectivity index (χ0n) is 16.8. The highest BCUT2D eigenvalue weighted by Crippen LogP contribution is 2.27. The van der Waals surface area contributed by atoms with E-state index in [1.54, 1.807) is 24.3 Å². The van der Waals surface area contributed by atoms with Crippen LogP contribution in [0.1, 0.15) is 39.1 Å². The van der Waals surface area contributed by atoms with Crippen LogP contribution in [0.4, 0.5) is 11.4 Å². The highest BCUT2D eigenvalue weighted by Gasteiger charge is 2.20. The molecule has 2 amide bonds. The molecule has 27 heavy (non-hydrogen) atoms. The number of carbonyl (C=O) groups is 2. The monoisotopic (exact) mass is 388 g/mol. The van der Waals surface area contributed by atoms with Gasteiger partial charge in [0.1, 0.15) is 0 Å². The van der Waals surface area contributed by atoms with E-state index in [1.165, 1.54) is 18.7 Å². The first-order valence-corrected chi connectivity index (χ1v) is 9.94. The van der Waals surface area contributed by atoms with E-state index >= 15 is 0 Å². The topological polar surface area (TPSA) is 76.0 Å². The zero-order chi connectivity index (χ0) is 20.1. The summed E-state index contributed by atoms with van der Waals surface area (Å²) >= 11 is 1.47. The molecule has 0 saturated carbocycles. The number of rotatable bonds is 7. The van der Waals surface area contributed by atoms with E-state index in [0.29, 0.717) is 17.3 Å². The number of hydrogen-bond donors (Lipinski definition) is 2. The Bertz CT molecular complexity index is 812. The van der Waals surface area contributed by atoms with E-state index in [4.69, 9.17) is 0 Å². The number of amides is 2. The fraction of sp³-hybridized carbons (Fsp3) is 0.450. The second kappa shape index (κ2) is 9.08. The summed E-state index contributed by atoms with van der Waals surface area (Å²) in [7, 11) is 0. The van der Waals surface area contributed by atoms with Crippen molar-refractivity contribution < 1.29 is 9.59 Å². The summed E-state index contributed by atoms with van der Waals surface area (Å²) < 4.78 is 2.19. The minimum absolute atomic E-state index is 0.0818. The maximum absolute atomic E-state index is 12.6. The fourth-order valence-electron chi connectivity index (χ4n) is 2.59. The fourth-order valence-corrected chi connectivity index (χ4v) is 3.60. The lowest BCUT2D eigenvalue weighted by atomic mass is 10.2. The number of carbonyl (C=O) groups excluding carboxylic acids is 2. The first kappa shape index (κ1) is 21.0. The van der Waals surface area contributed by atoms with Crippen LogP contribution in [-0.2, 0) is 16.1 Å². The first-order chi connectivity index (χ1) is 12.7. The van der Waals surface area contributed by atoms with Crippen molar-refractivity contribution in [2.75, 3.05) is 10.6 Å². The average Bonchev–Trinajstić information content (AvgIpc) is 2.83. The van der Waals surface area contributed by atoms with Crippen LogP contribution in [0.3, 0.4) is 0 Å². The van der Waals surface area contributed by atoms with E-state index < -0.39 is 0 Å². The molecule has 1 aromatic heterocycles. The number of aromatic nitrogens is 2. The molecular weight excluding hydrogens is 360 g/mol. The van der Waals surface area contributed by atoms with Crippen LogP contribution in [0.25, 0.3) is 0 Å². The molecule has 0 aliphatic carbocycles. The second-order valence-corrected chi connectivity index (χ2v) is 8.39. The molecule has 0 aliphatic rings. The Hall–Kier alpha value is -2.28. The van der Waals surface area contributed by atoms with Crippen molar-refractivity contribution in [3.8, 4) is 0 Å². The Morgan fingerprint density at radius 3 is 2.15 bits per heavy atom. The normalized spacial score (nSPS) is 12.1. The molecule has 1 aromatic carbocycles. The molecule has 2 N–H and O–H groups in total. The van der Waals surface area contributed by atoms with E-state index in [0.717, 1.165) is 23.1 Å². The van der Waals surface area contributed by atoms with E-state index in [1.807, 2.05) is 13.8 Å². The molecule has 0 bridgehead atoms. The van der Waals surface area contributed by atoms with Gasteiger partial charge >= 0.3 is 0 Å². The summed E-state index contributed by atoms with van der Waals surface area (Å²) in [5.74, 6) is 0.295. The Morgan fingerprint density at radius 2 is 1.63 bits per heavy atom. The van der Waals surface area contributed by atoms with Gasteiger partial charge in [0.2, 0.25) is 11.8 Å². The molecule has 146 valence electrons. The maximum Gasteiger partial charge on any atom is 0.237 e. The molecular formula is C20H28N4O2S. The molecule has 0 spiro atoms. The maximum atomic E-state index is 12.6. The standard InChI is InChI=1S/C20H28N4O2S/c1-12(2)11-24-14(4)13(3)21-20(24)27-15(5)19(26)23-18-9-7-17(8-10-18)22-16(6)25/h7-10,12,15H,11H2,1-6H3,(H,22,25)(H,23,26). The number of thioether (sulfide) groups is 1. The molecule has 2 aromatic rings. The van der Waals surface area contributed by atoms with Gasteiger partial charge in [-0.05, 0) is 51.0 Å². The van der Waals surface area contributed by atoms with E-state index in [-0.39, 0.29) is 17.1 Å². The molecule has 7 heteroatoms.